The first-order valence-electron chi connectivity index (χ1n) is 7.52. The Bertz CT molecular complexity index is 448. The monoisotopic (exact) mass is 310 g/mol. The average Bonchev–Trinajstić information content (AvgIpc) is 2.48. The lowest BCUT2D eigenvalue weighted by Crippen LogP contribution is -2.42. The molecule has 0 aliphatic heterocycles. The fraction of sp³-hybridized carbons (Fsp3) is 0.562. The van der Waals surface area contributed by atoms with Crippen LogP contribution >= 0.6 is 0 Å². The summed E-state index contributed by atoms with van der Waals surface area (Å²) in [6.45, 7) is 4.47. The molecule has 0 aliphatic rings. The van der Waals surface area contributed by atoms with E-state index in [4.69, 9.17) is 4.74 Å². The van der Waals surface area contributed by atoms with Crippen LogP contribution < -0.4 is 15.4 Å². The van der Waals surface area contributed by atoms with Crippen LogP contribution in [-0.2, 0) is 0 Å². The molecule has 5 nitrogen and oxygen atoms in total. The van der Waals surface area contributed by atoms with Crippen LogP contribution in [0.1, 0.15) is 13.3 Å². The van der Waals surface area contributed by atoms with E-state index < -0.39 is 0 Å². The van der Waals surface area contributed by atoms with Gasteiger partial charge in [-0.05, 0) is 58.3 Å². The van der Waals surface area contributed by atoms with Crippen LogP contribution in [-0.4, -0.2) is 57.7 Å². The SMILES string of the molecule is CN=C(NCCCN(C)C)NCC(C)Oc1ccc(F)cc1. The summed E-state index contributed by atoms with van der Waals surface area (Å²) in [6, 6.07) is 6.03. The van der Waals surface area contributed by atoms with Gasteiger partial charge < -0.3 is 20.3 Å². The Morgan fingerprint density at radius 3 is 2.55 bits per heavy atom. The Morgan fingerprint density at radius 2 is 1.95 bits per heavy atom. The number of benzene rings is 1. The van der Waals surface area contributed by atoms with Gasteiger partial charge in [0.2, 0.25) is 0 Å². The summed E-state index contributed by atoms with van der Waals surface area (Å²) >= 11 is 0. The van der Waals surface area contributed by atoms with Crippen LogP contribution in [0.4, 0.5) is 4.39 Å². The average molecular weight is 310 g/mol. The molecule has 0 saturated heterocycles. The van der Waals surface area contributed by atoms with E-state index in [2.05, 4.69) is 34.6 Å². The zero-order valence-corrected chi connectivity index (χ0v) is 13.9. The highest BCUT2D eigenvalue weighted by Crippen LogP contribution is 2.12. The van der Waals surface area contributed by atoms with Gasteiger partial charge in [-0.2, -0.15) is 0 Å². The van der Waals surface area contributed by atoms with Crippen molar-refractivity contribution in [3.05, 3.63) is 30.1 Å². The number of ether oxygens (including phenoxy) is 1. The lowest BCUT2D eigenvalue weighted by Gasteiger charge is -2.18. The van der Waals surface area contributed by atoms with Crippen molar-refractivity contribution < 1.29 is 9.13 Å². The number of hydrogen-bond donors (Lipinski definition) is 2. The van der Waals surface area contributed by atoms with Crippen LogP contribution in [0.5, 0.6) is 5.75 Å². The Hall–Kier alpha value is -1.82. The third-order valence-electron chi connectivity index (χ3n) is 3.01. The maximum atomic E-state index is 12.8. The van der Waals surface area contributed by atoms with Crippen molar-refractivity contribution in [3.8, 4) is 5.75 Å². The van der Waals surface area contributed by atoms with E-state index in [1.54, 1.807) is 19.2 Å². The van der Waals surface area contributed by atoms with Crippen molar-refractivity contribution in [1.82, 2.24) is 15.5 Å². The minimum Gasteiger partial charge on any atom is -0.489 e. The molecule has 0 aliphatic carbocycles. The molecule has 1 aromatic rings. The van der Waals surface area contributed by atoms with E-state index in [9.17, 15) is 4.39 Å². The zero-order valence-electron chi connectivity index (χ0n) is 13.9. The summed E-state index contributed by atoms with van der Waals surface area (Å²) in [5.41, 5.74) is 0. The van der Waals surface area contributed by atoms with E-state index in [0.717, 1.165) is 25.5 Å². The van der Waals surface area contributed by atoms with Gasteiger partial charge in [0, 0.05) is 13.6 Å². The maximum Gasteiger partial charge on any atom is 0.191 e. The molecule has 6 heteroatoms. The molecule has 0 bridgehead atoms. The summed E-state index contributed by atoms with van der Waals surface area (Å²) in [4.78, 5) is 6.32. The molecule has 1 rings (SSSR count). The second-order valence-electron chi connectivity index (χ2n) is 5.42. The first-order chi connectivity index (χ1) is 10.5. The predicted molar refractivity (Wildman–Crippen MR) is 89.0 cm³/mol. The van der Waals surface area contributed by atoms with Crippen LogP contribution in [0, 0.1) is 5.82 Å². The summed E-state index contributed by atoms with van der Waals surface area (Å²) in [5.74, 6) is 1.15. The highest BCUT2D eigenvalue weighted by atomic mass is 19.1. The first kappa shape index (κ1) is 18.2. The molecule has 0 amide bonds. The fourth-order valence-electron chi connectivity index (χ4n) is 1.85. The third kappa shape index (κ3) is 7.83. The Balaban J connectivity index is 2.25. The Morgan fingerprint density at radius 1 is 1.27 bits per heavy atom. The number of halogens is 1. The summed E-state index contributed by atoms with van der Waals surface area (Å²) in [7, 11) is 5.86. The van der Waals surface area contributed by atoms with Gasteiger partial charge >= 0.3 is 0 Å². The number of guanidine groups is 1. The van der Waals surface area contributed by atoms with Crippen LogP contribution in [0.2, 0.25) is 0 Å². The lowest BCUT2D eigenvalue weighted by atomic mass is 10.3. The van der Waals surface area contributed by atoms with E-state index in [0.29, 0.717) is 12.3 Å². The molecule has 0 heterocycles. The van der Waals surface area contributed by atoms with E-state index >= 15 is 0 Å². The van der Waals surface area contributed by atoms with Crippen molar-refractivity contribution in [2.24, 2.45) is 4.99 Å². The summed E-state index contributed by atoms with van der Waals surface area (Å²) in [5, 5.41) is 6.47. The number of nitrogens with one attached hydrogen (secondary N) is 2. The molecule has 1 unspecified atom stereocenters. The van der Waals surface area contributed by atoms with Gasteiger partial charge in [-0.3, -0.25) is 4.99 Å². The van der Waals surface area contributed by atoms with Gasteiger partial charge in [0.1, 0.15) is 17.7 Å². The molecule has 1 atom stereocenters. The minimum absolute atomic E-state index is 0.0502. The molecule has 2 N–H and O–H groups in total. The highest BCUT2D eigenvalue weighted by Gasteiger charge is 2.05. The normalized spacial score (nSPS) is 13.1. The van der Waals surface area contributed by atoms with Gasteiger partial charge in [-0.25, -0.2) is 4.39 Å². The smallest absolute Gasteiger partial charge is 0.191 e. The van der Waals surface area contributed by atoms with Gasteiger partial charge in [0.25, 0.3) is 0 Å². The summed E-state index contributed by atoms with van der Waals surface area (Å²) in [6.07, 6.45) is 1.00. The quantitative estimate of drug-likeness (QED) is 0.436. The Kier molecular flexibility index (Phi) is 8.28. The first-order valence-corrected chi connectivity index (χ1v) is 7.52. The lowest BCUT2D eigenvalue weighted by molar-refractivity contribution is 0.223. The van der Waals surface area contributed by atoms with E-state index in [1.807, 2.05) is 6.92 Å². The standard InChI is InChI=1S/C16H27FN4O/c1-13(22-15-8-6-14(17)7-9-15)12-20-16(18-2)19-10-5-11-21(3)4/h6-9,13H,5,10-12H2,1-4H3,(H2,18,19,20). The molecule has 0 spiro atoms. The van der Waals surface area contributed by atoms with Crippen molar-refractivity contribution in [2.75, 3.05) is 40.8 Å². The molecule has 0 aromatic heterocycles. The van der Waals surface area contributed by atoms with Crippen LogP contribution in [0.3, 0.4) is 0 Å². The zero-order chi connectivity index (χ0) is 16.4. The van der Waals surface area contributed by atoms with Gasteiger partial charge in [0.15, 0.2) is 5.96 Å². The number of aliphatic imine (C=N–C) groups is 1. The molecule has 0 saturated carbocycles. The van der Waals surface area contributed by atoms with Crippen molar-refractivity contribution in [1.29, 1.82) is 0 Å². The molecular formula is C16H27FN4O. The summed E-state index contributed by atoms with van der Waals surface area (Å²) < 4.78 is 18.5. The largest absolute Gasteiger partial charge is 0.489 e. The molecule has 0 radical (unpaired) electrons. The van der Waals surface area contributed by atoms with Gasteiger partial charge in [-0.15, -0.1) is 0 Å². The third-order valence-corrected chi connectivity index (χ3v) is 3.01. The minimum atomic E-state index is -0.263. The van der Waals surface area contributed by atoms with Crippen molar-refractivity contribution in [3.63, 3.8) is 0 Å². The number of hydrogen-bond acceptors (Lipinski definition) is 3. The maximum absolute atomic E-state index is 12.8. The molecule has 124 valence electrons. The number of nitrogens with zero attached hydrogens (tertiary/aromatic N) is 2. The Labute approximate surface area is 132 Å². The fourth-order valence-corrected chi connectivity index (χ4v) is 1.85. The van der Waals surface area contributed by atoms with E-state index in [-0.39, 0.29) is 11.9 Å². The highest BCUT2D eigenvalue weighted by molar-refractivity contribution is 5.79. The van der Waals surface area contributed by atoms with Crippen molar-refractivity contribution >= 4 is 5.96 Å². The van der Waals surface area contributed by atoms with Crippen LogP contribution in [0.15, 0.2) is 29.3 Å². The van der Waals surface area contributed by atoms with Gasteiger partial charge in [-0.1, -0.05) is 0 Å². The molecule has 1 aromatic carbocycles. The van der Waals surface area contributed by atoms with Gasteiger partial charge in [0.05, 0.1) is 6.54 Å². The predicted octanol–water partition coefficient (Wildman–Crippen LogP) is 1.71. The second kappa shape index (κ2) is 10.00. The second-order valence-corrected chi connectivity index (χ2v) is 5.42. The number of rotatable bonds is 8. The van der Waals surface area contributed by atoms with Crippen LogP contribution in [0.25, 0.3) is 0 Å². The van der Waals surface area contributed by atoms with E-state index in [1.165, 1.54) is 12.1 Å². The molecular weight excluding hydrogens is 283 g/mol. The molecule has 22 heavy (non-hydrogen) atoms. The topological polar surface area (TPSA) is 48.9 Å². The molecule has 0 fully saturated rings. The van der Waals surface area contributed by atoms with Crippen molar-refractivity contribution in [2.45, 2.75) is 19.4 Å².